The number of aromatic nitrogens is 1. The van der Waals surface area contributed by atoms with Crippen molar-refractivity contribution in [3.8, 4) is 17.0 Å². The standard InChI is InChI=1S/C20H20N4O2S/c1-3-26-19-7-5-4-6-16(19)12-21-24-20-23-18(13-27-20)15-8-10-17(11-9-15)22-14(2)25/h4-13H,3H2,1-2H3,(H,22,25)(H,23,24)/b21-12-. The second kappa shape index (κ2) is 8.95. The van der Waals surface area contributed by atoms with E-state index in [4.69, 9.17) is 4.74 Å². The van der Waals surface area contributed by atoms with Gasteiger partial charge in [-0.1, -0.05) is 24.3 Å². The van der Waals surface area contributed by atoms with Crippen molar-refractivity contribution in [3.05, 3.63) is 59.5 Å². The molecule has 0 saturated carbocycles. The van der Waals surface area contributed by atoms with Crippen molar-refractivity contribution in [1.29, 1.82) is 0 Å². The van der Waals surface area contributed by atoms with Gasteiger partial charge in [-0.3, -0.25) is 10.2 Å². The summed E-state index contributed by atoms with van der Waals surface area (Å²) in [6.07, 6.45) is 1.72. The number of thiazole rings is 1. The molecule has 0 bridgehead atoms. The van der Waals surface area contributed by atoms with Gasteiger partial charge in [0.2, 0.25) is 11.0 Å². The van der Waals surface area contributed by atoms with Gasteiger partial charge in [0.15, 0.2) is 0 Å². The first-order valence-corrected chi connectivity index (χ1v) is 9.38. The van der Waals surface area contributed by atoms with Gasteiger partial charge >= 0.3 is 0 Å². The smallest absolute Gasteiger partial charge is 0.221 e. The summed E-state index contributed by atoms with van der Waals surface area (Å²) < 4.78 is 5.58. The minimum atomic E-state index is -0.0910. The monoisotopic (exact) mass is 380 g/mol. The number of para-hydroxylation sites is 1. The third-order valence-corrected chi connectivity index (χ3v) is 4.33. The van der Waals surface area contributed by atoms with E-state index in [1.807, 2.05) is 60.8 Å². The van der Waals surface area contributed by atoms with Crippen molar-refractivity contribution >= 4 is 34.3 Å². The van der Waals surface area contributed by atoms with Crippen molar-refractivity contribution < 1.29 is 9.53 Å². The molecule has 138 valence electrons. The van der Waals surface area contributed by atoms with Crippen LogP contribution in [0.3, 0.4) is 0 Å². The average molecular weight is 380 g/mol. The zero-order valence-corrected chi connectivity index (χ0v) is 15.9. The van der Waals surface area contributed by atoms with E-state index in [9.17, 15) is 4.79 Å². The number of benzene rings is 2. The van der Waals surface area contributed by atoms with E-state index in [1.54, 1.807) is 6.21 Å². The Morgan fingerprint density at radius 2 is 2.00 bits per heavy atom. The highest BCUT2D eigenvalue weighted by molar-refractivity contribution is 7.14. The fraction of sp³-hybridized carbons (Fsp3) is 0.150. The molecule has 0 aliphatic heterocycles. The number of hydrogen-bond acceptors (Lipinski definition) is 6. The number of rotatable bonds is 7. The van der Waals surface area contributed by atoms with Gasteiger partial charge in [-0.15, -0.1) is 11.3 Å². The van der Waals surface area contributed by atoms with Crippen LogP contribution < -0.4 is 15.5 Å². The van der Waals surface area contributed by atoms with E-state index >= 15 is 0 Å². The molecule has 0 unspecified atom stereocenters. The largest absolute Gasteiger partial charge is 0.493 e. The molecular weight excluding hydrogens is 360 g/mol. The summed E-state index contributed by atoms with van der Waals surface area (Å²) in [5, 5.41) is 9.65. The predicted molar refractivity (Wildman–Crippen MR) is 111 cm³/mol. The van der Waals surface area contributed by atoms with Crippen LogP contribution in [-0.2, 0) is 4.79 Å². The number of nitrogens with zero attached hydrogens (tertiary/aromatic N) is 2. The van der Waals surface area contributed by atoms with Gasteiger partial charge in [0, 0.05) is 29.1 Å². The number of amides is 1. The number of ether oxygens (including phenoxy) is 1. The van der Waals surface area contributed by atoms with Gasteiger partial charge in [0.1, 0.15) is 5.75 Å². The molecule has 0 spiro atoms. The zero-order chi connectivity index (χ0) is 19.1. The SMILES string of the molecule is CCOc1ccccc1/C=N\Nc1nc(-c2ccc(NC(C)=O)cc2)cs1. The molecule has 1 amide bonds. The Morgan fingerprint density at radius 3 is 2.74 bits per heavy atom. The van der Waals surface area contributed by atoms with Crippen LogP contribution in [0, 0.1) is 0 Å². The van der Waals surface area contributed by atoms with E-state index in [-0.39, 0.29) is 5.91 Å². The summed E-state index contributed by atoms with van der Waals surface area (Å²) in [5.41, 5.74) is 6.44. The molecule has 0 fully saturated rings. The summed E-state index contributed by atoms with van der Waals surface area (Å²) in [7, 11) is 0. The van der Waals surface area contributed by atoms with Crippen LogP contribution in [-0.4, -0.2) is 23.7 Å². The van der Waals surface area contributed by atoms with Crippen LogP contribution in [0.1, 0.15) is 19.4 Å². The molecule has 1 aromatic heterocycles. The Labute approximate surface area is 161 Å². The number of carbonyl (C=O) groups is 1. The Bertz CT molecular complexity index is 935. The van der Waals surface area contributed by atoms with Gasteiger partial charge in [-0.05, 0) is 31.2 Å². The van der Waals surface area contributed by atoms with E-state index < -0.39 is 0 Å². The summed E-state index contributed by atoms with van der Waals surface area (Å²) in [4.78, 5) is 15.6. The fourth-order valence-corrected chi connectivity index (χ4v) is 3.08. The predicted octanol–water partition coefficient (Wildman–Crippen LogP) is 4.61. The van der Waals surface area contributed by atoms with E-state index in [0.29, 0.717) is 11.7 Å². The van der Waals surface area contributed by atoms with Crippen molar-refractivity contribution in [2.75, 3.05) is 17.3 Å². The van der Waals surface area contributed by atoms with Crippen LogP contribution in [0.2, 0.25) is 0 Å². The molecule has 0 aliphatic carbocycles. The van der Waals surface area contributed by atoms with E-state index in [0.717, 1.165) is 28.3 Å². The van der Waals surface area contributed by atoms with Gasteiger partial charge < -0.3 is 10.1 Å². The molecule has 0 radical (unpaired) electrons. The molecule has 2 aromatic carbocycles. The third-order valence-electron chi connectivity index (χ3n) is 3.59. The molecule has 27 heavy (non-hydrogen) atoms. The second-order valence-corrected chi connectivity index (χ2v) is 6.50. The maximum absolute atomic E-state index is 11.1. The minimum absolute atomic E-state index is 0.0910. The highest BCUT2D eigenvalue weighted by Crippen LogP contribution is 2.26. The van der Waals surface area contributed by atoms with Crippen molar-refractivity contribution in [2.45, 2.75) is 13.8 Å². The Balaban J connectivity index is 1.65. The lowest BCUT2D eigenvalue weighted by molar-refractivity contribution is -0.114. The first kappa shape index (κ1) is 18.6. The molecule has 7 heteroatoms. The molecule has 0 atom stereocenters. The lowest BCUT2D eigenvalue weighted by Gasteiger charge is -2.05. The Kier molecular flexibility index (Phi) is 6.17. The quantitative estimate of drug-likeness (QED) is 0.463. The van der Waals surface area contributed by atoms with Crippen LogP contribution >= 0.6 is 11.3 Å². The maximum atomic E-state index is 11.1. The van der Waals surface area contributed by atoms with E-state index in [1.165, 1.54) is 18.3 Å². The molecule has 3 rings (SSSR count). The summed E-state index contributed by atoms with van der Waals surface area (Å²) in [6.45, 7) is 4.04. The molecule has 3 aromatic rings. The lowest BCUT2D eigenvalue weighted by atomic mass is 10.1. The average Bonchev–Trinajstić information content (AvgIpc) is 3.12. The lowest BCUT2D eigenvalue weighted by Crippen LogP contribution is -2.05. The Hall–Kier alpha value is -3.19. The van der Waals surface area contributed by atoms with Crippen LogP contribution in [0.15, 0.2) is 59.0 Å². The van der Waals surface area contributed by atoms with Crippen molar-refractivity contribution in [1.82, 2.24) is 4.98 Å². The van der Waals surface area contributed by atoms with E-state index in [2.05, 4.69) is 20.8 Å². The summed E-state index contributed by atoms with van der Waals surface area (Å²) in [6, 6.07) is 15.3. The zero-order valence-electron chi connectivity index (χ0n) is 15.1. The number of nitrogens with one attached hydrogen (secondary N) is 2. The number of carbonyl (C=O) groups excluding carboxylic acids is 1. The topological polar surface area (TPSA) is 75.6 Å². The second-order valence-electron chi connectivity index (χ2n) is 5.64. The van der Waals surface area contributed by atoms with Crippen molar-refractivity contribution in [2.24, 2.45) is 5.10 Å². The highest BCUT2D eigenvalue weighted by atomic mass is 32.1. The molecule has 2 N–H and O–H groups in total. The third kappa shape index (κ3) is 5.15. The molecule has 6 nitrogen and oxygen atoms in total. The fourth-order valence-electron chi connectivity index (χ4n) is 2.42. The van der Waals surface area contributed by atoms with Gasteiger partial charge in [-0.2, -0.15) is 5.10 Å². The van der Waals surface area contributed by atoms with Crippen LogP contribution in [0.5, 0.6) is 5.75 Å². The molecule has 1 heterocycles. The highest BCUT2D eigenvalue weighted by Gasteiger charge is 2.05. The molecule has 0 saturated heterocycles. The van der Waals surface area contributed by atoms with Gasteiger partial charge in [0.25, 0.3) is 0 Å². The maximum Gasteiger partial charge on any atom is 0.221 e. The molecular formula is C20H20N4O2S. The number of hydrazone groups is 1. The first-order valence-electron chi connectivity index (χ1n) is 8.50. The minimum Gasteiger partial charge on any atom is -0.493 e. The van der Waals surface area contributed by atoms with Crippen molar-refractivity contribution in [3.63, 3.8) is 0 Å². The van der Waals surface area contributed by atoms with Crippen LogP contribution in [0.4, 0.5) is 10.8 Å². The summed E-state index contributed by atoms with van der Waals surface area (Å²) >= 11 is 1.47. The number of hydrogen-bond donors (Lipinski definition) is 2. The molecule has 0 aliphatic rings. The first-order chi connectivity index (χ1) is 13.2. The van der Waals surface area contributed by atoms with Gasteiger partial charge in [0.05, 0.1) is 18.5 Å². The van der Waals surface area contributed by atoms with Gasteiger partial charge in [-0.25, -0.2) is 4.98 Å². The number of anilines is 2. The van der Waals surface area contributed by atoms with Crippen LogP contribution in [0.25, 0.3) is 11.3 Å². The Morgan fingerprint density at radius 1 is 1.22 bits per heavy atom. The summed E-state index contributed by atoms with van der Waals surface area (Å²) in [5.74, 6) is 0.705. The normalized spacial score (nSPS) is 10.7.